The fourth-order valence-electron chi connectivity index (χ4n) is 2.45. The number of rotatable bonds is 4. The van der Waals surface area contributed by atoms with Gasteiger partial charge in [0.25, 0.3) is 0 Å². The second-order valence-corrected chi connectivity index (χ2v) is 7.03. The molecule has 0 aromatic carbocycles. The molecule has 0 radical (unpaired) electrons. The molecule has 0 spiro atoms. The molecule has 0 amide bonds. The predicted octanol–water partition coefficient (Wildman–Crippen LogP) is 0.740. The van der Waals surface area contributed by atoms with Gasteiger partial charge in [0.05, 0.1) is 18.1 Å². The molecular weight excluding hydrogens is 306 g/mol. The molecule has 1 fully saturated rings. The summed E-state index contributed by atoms with van der Waals surface area (Å²) in [6.45, 7) is 2.53. The van der Waals surface area contributed by atoms with Gasteiger partial charge in [0, 0.05) is 25.5 Å². The number of aryl methyl sites for hydroxylation is 1. The molecule has 1 aliphatic rings. The van der Waals surface area contributed by atoms with Crippen molar-refractivity contribution in [1.82, 2.24) is 24.5 Å². The third kappa shape index (κ3) is 2.95. The van der Waals surface area contributed by atoms with Crippen molar-refractivity contribution in [2.24, 2.45) is 0 Å². The lowest BCUT2D eigenvalue weighted by Crippen LogP contribution is -2.41. The molecule has 0 saturated carbocycles. The molecule has 22 heavy (non-hydrogen) atoms. The van der Waals surface area contributed by atoms with Gasteiger partial charge in [-0.2, -0.15) is 9.40 Å². The van der Waals surface area contributed by atoms with E-state index in [1.54, 1.807) is 25.5 Å². The zero-order chi connectivity index (χ0) is 15.6. The number of ether oxygens (including phenoxy) is 1. The van der Waals surface area contributed by atoms with Crippen molar-refractivity contribution < 1.29 is 13.2 Å². The van der Waals surface area contributed by atoms with Crippen LogP contribution in [0.3, 0.4) is 0 Å². The first-order chi connectivity index (χ1) is 10.6. The Morgan fingerprint density at radius 2 is 2.05 bits per heavy atom. The molecule has 1 saturated heterocycles. The molecule has 8 nitrogen and oxygen atoms in total. The lowest BCUT2D eigenvalue weighted by atomic mass is 10.1. The molecule has 0 aliphatic carbocycles. The zero-order valence-electron chi connectivity index (χ0n) is 12.1. The fourth-order valence-corrected chi connectivity index (χ4v) is 4.03. The van der Waals surface area contributed by atoms with E-state index < -0.39 is 10.0 Å². The van der Waals surface area contributed by atoms with Gasteiger partial charge in [-0.05, 0) is 19.8 Å². The first-order valence-corrected chi connectivity index (χ1v) is 8.44. The van der Waals surface area contributed by atoms with Crippen molar-refractivity contribution in [3.8, 4) is 5.88 Å². The summed E-state index contributed by atoms with van der Waals surface area (Å²) in [5.41, 5.74) is 0.554. The van der Waals surface area contributed by atoms with Crippen LogP contribution in [0.2, 0.25) is 0 Å². The molecule has 118 valence electrons. The van der Waals surface area contributed by atoms with E-state index in [-0.39, 0.29) is 11.0 Å². The smallest absolute Gasteiger partial charge is 0.246 e. The van der Waals surface area contributed by atoms with E-state index in [4.69, 9.17) is 4.74 Å². The van der Waals surface area contributed by atoms with Crippen LogP contribution in [0.5, 0.6) is 5.88 Å². The van der Waals surface area contributed by atoms with Gasteiger partial charge >= 0.3 is 0 Å². The lowest BCUT2D eigenvalue weighted by Gasteiger charge is -2.30. The Hall–Kier alpha value is -2.00. The number of hydrogen-bond acceptors (Lipinski definition) is 6. The maximum atomic E-state index is 12.5. The van der Waals surface area contributed by atoms with Crippen molar-refractivity contribution in [1.29, 1.82) is 0 Å². The van der Waals surface area contributed by atoms with Gasteiger partial charge in [-0.15, -0.1) is 0 Å². The third-order valence-corrected chi connectivity index (χ3v) is 5.64. The Morgan fingerprint density at radius 1 is 1.27 bits per heavy atom. The average Bonchev–Trinajstić information content (AvgIpc) is 2.96. The number of piperidine rings is 1. The highest BCUT2D eigenvalue weighted by molar-refractivity contribution is 7.89. The summed E-state index contributed by atoms with van der Waals surface area (Å²) in [5.74, 6) is 0.467. The normalized spacial score (nSPS) is 17.5. The van der Waals surface area contributed by atoms with Gasteiger partial charge in [0.15, 0.2) is 0 Å². The quantitative estimate of drug-likeness (QED) is 0.890. The highest BCUT2D eigenvalue weighted by atomic mass is 32.2. The van der Waals surface area contributed by atoms with Crippen LogP contribution in [-0.4, -0.2) is 52.1 Å². The Labute approximate surface area is 128 Å². The number of nitrogens with one attached hydrogen (secondary N) is 1. The summed E-state index contributed by atoms with van der Waals surface area (Å²) in [4.78, 5) is 8.24. The van der Waals surface area contributed by atoms with Crippen molar-refractivity contribution in [3.05, 3.63) is 30.5 Å². The van der Waals surface area contributed by atoms with Crippen LogP contribution in [0.4, 0.5) is 0 Å². The standard InChI is InChI=1S/C13H17N5O3S/c1-10-12(8-16-17-10)22(19,20)18-6-2-11(3-7-18)21-13-9-14-4-5-15-13/h4-5,8-9,11H,2-3,6-7H2,1H3,(H,16,17). The molecule has 0 unspecified atom stereocenters. The second kappa shape index (κ2) is 6.01. The van der Waals surface area contributed by atoms with Gasteiger partial charge in [-0.25, -0.2) is 13.4 Å². The lowest BCUT2D eigenvalue weighted by molar-refractivity contribution is 0.129. The maximum Gasteiger partial charge on any atom is 0.246 e. The van der Waals surface area contributed by atoms with E-state index in [2.05, 4.69) is 20.2 Å². The van der Waals surface area contributed by atoms with Crippen LogP contribution < -0.4 is 4.74 Å². The molecule has 2 aromatic rings. The topological polar surface area (TPSA) is 101 Å². The predicted molar refractivity (Wildman–Crippen MR) is 77.8 cm³/mol. The van der Waals surface area contributed by atoms with E-state index in [9.17, 15) is 8.42 Å². The minimum absolute atomic E-state index is 0.0476. The Bertz CT molecular complexity index is 723. The summed E-state index contributed by atoms with van der Waals surface area (Å²) in [6, 6.07) is 0. The van der Waals surface area contributed by atoms with E-state index in [0.717, 1.165) is 0 Å². The van der Waals surface area contributed by atoms with Crippen LogP contribution in [0, 0.1) is 6.92 Å². The summed E-state index contributed by atoms with van der Waals surface area (Å²) in [6.07, 6.45) is 7.24. The first-order valence-electron chi connectivity index (χ1n) is 7.00. The van der Waals surface area contributed by atoms with Crippen LogP contribution in [0.1, 0.15) is 18.5 Å². The van der Waals surface area contributed by atoms with Gasteiger partial charge < -0.3 is 4.74 Å². The highest BCUT2D eigenvalue weighted by Gasteiger charge is 2.31. The van der Waals surface area contributed by atoms with E-state index in [0.29, 0.717) is 37.5 Å². The fraction of sp³-hybridized carbons (Fsp3) is 0.462. The van der Waals surface area contributed by atoms with Crippen molar-refractivity contribution in [2.45, 2.75) is 30.8 Å². The SMILES string of the molecule is Cc1[nH]ncc1S(=O)(=O)N1CCC(Oc2cnccn2)CC1. The molecule has 9 heteroatoms. The van der Waals surface area contributed by atoms with Gasteiger partial charge in [-0.3, -0.25) is 10.1 Å². The molecule has 1 N–H and O–H groups in total. The molecule has 1 aliphatic heterocycles. The number of H-pyrrole nitrogens is 1. The molecule has 0 atom stereocenters. The van der Waals surface area contributed by atoms with Gasteiger partial charge in [0.2, 0.25) is 15.9 Å². The summed E-state index contributed by atoms with van der Waals surface area (Å²) >= 11 is 0. The summed E-state index contributed by atoms with van der Waals surface area (Å²) in [7, 11) is -3.49. The maximum absolute atomic E-state index is 12.5. The zero-order valence-corrected chi connectivity index (χ0v) is 13.0. The van der Waals surface area contributed by atoms with Crippen LogP contribution in [0.25, 0.3) is 0 Å². The molecule has 3 heterocycles. The Kier molecular flexibility index (Phi) is 4.08. The molecular formula is C13H17N5O3S. The third-order valence-electron chi connectivity index (χ3n) is 3.63. The number of nitrogens with zero attached hydrogens (tertiary/aromatic N) is 4. The molecule has 3 rings (SSSR count). The van der Waals surface area contributed by atoms with Crippen LogP contribution in [-0.2, 0) is 10.0 Å². The minimum atomic E-state index is -3.49. The van der Waals surface area contributed by atoms with Crippen LogP contribution in [0.15, 0.2) is 29.7 Å². The minimum Gasteiger partial charge on any atom is -0.473 e. The highest BCUT2D eigenvalue weighted by Crippen LogP contribution is 2.23. The molecule has 2 aromatic heterocycles. The van der Waals surface area contributed by atoms with E-state index >= 15 is 0 Å². The summed E-state index contributed by atoms with van der Waals surface area (Å²) in [5, 5.41) is 6.44. The summed E-state index contributed by atoms with van der Waals surface area (Å²) < 4.78 is 32.3. The second-order valence-electron chi connectivity index (χ2n) is 5.12. The Balaban J connectivity index is 1.63. The largest absolute Gasteiger partial charge is 0.473 e. The van der Waals surface area contributed by atoms with Crippen molar-refractivity contribution >= 4 is 10.0 Å². The Morgan fingerprint density at radius 3 is 2.64 bits per heavy atom. The number of aromatic amines is 1. The molecule has 0 bridgehead atoms. The first kappa shape index (κ1) is 14.9. The number of hydrogen-bond donors (Lipinski definition) is 1. The average molecular weight is 323 g/mol. The van der Waals surface area contributed by atoms with Crippen molar-refractivity contribution in [2.75, 3.05) is 13.1 Å². The van der Waals surface area contributed by atoms with Gasteiger partial charge in [-0.1, -0.05) is 0 Å². The monoisotopic (exact) mass is 323 g/mol. The number of aromatic nitrogens is 4. The van der Waals surface area contributed by atoms with E-state index in [1.165, 1.54) is 10.5 Å². The van der Waals surface area contributed by atoms with Crippen LogP contribution >= 0.6 is 0 Å². The van der Waals surface area contributed by atoms with Crippen molar-refractivity contribution in [3.63, 3.8) is 0 Å². The van der Waals surface area contributed by atoms with Gasteiger partial charge in [0.1, 0.15) is 11.0 Å². The van der Waals surface area contributed by atoms with E-state index in [1.807, 2.05) is 0 Å². The number of sulfonamides is 1.